The van der Waals surface area contributed by atoms with Gasteiger partial charge < -0.3 is 5.43 Å². The number of fused-ring (bicyclic) bond motifs is 1. The summed E-state index contributed by atoms with van der Waals surface area (Å²) in [5.74, 6) is 5.39. The van der Waals surface area contributed by atoms with Crippen molar-refractivity contribution in [1.29, 1.82) is 0 Å². The van der Waals surface area contributed by atoms with Crippen LogP contribution in [0.15, 0.2) is 16.6 Å². The van der Waals surface area contributed by atoms with E-state index in [4.69, 9.17) is 5.84 Å². The van der Waals surface area contributed by atoms with Crippen molar-refractivity contribution < 1.29 is 13.2 Å². The number of alkyl halides is 3. The number of nitrogen functional groups attached to an aromatic ring is 1. The Kier molecular flexibility index (Phi) is 3.44. The van der Waals surface area contributed by atoms with Crippen LogP contribution < -0.4 is 11.3 Å². The van der Waals surface area contributed by atoms with Crippen LogP contribution in [0, 0.1) is 13.8 Å². The highest BCUT2D eigenvalue weighted by Gasteiger charge is 2.36. The fraction of sp³-hybridized carbons (Fsp3) is 0.250. The molecule has 2 rings (SSSR count). The molecule has 3 nitrogen and oxygen atoms in total. The number of rotatable bonds is 1. The van der Waals surface area contributed by atoms with E-state index >= 15 is 0 Å². The molecule has 0 aliphatic carbocycles. The minimum absolute atomic E-state index is 0.0105. The summed E-state index contributed by atoms with van der Waals surface area (Å²) in [5, 5.41) is 0.586. The lowest BCUT2D eigenvalue weighted by Crippen LogP contribution is -2.16. The van der Waals surface area contributed by atoms with E-state index in [1.54, 1.807) is 19.1 Å². The summed E-state index contributed by atoms with van der Waals surface area (Å²) < 4.78 is 39.4. The number of nitrogens with two attached hydrogens (primary N) is 1. The molecule has 0 spiro atoms. The van der Waals surface area contributed by atoms with Crippen LogP contribution in [-0.2, 0) is 6.18 Å². The lowest BCUT2D eigenvalue weighted by molar-refractivity contribution is -0.141. The molecule has 0 amide bonds. The SMILES string of the molecule is Cc1c(C(F)(F)F)nc2c(Br)ccc(C)c2c1NN. The monoisotopic (exact) mass is 333 g/mol. The van der Waals surface area contributed by atoms with Crippen molar-refractivity contribution in [3.05, 3.63) is 33.4 Å². The van der Waals surface area contributed by atoms with E-state index in [1.807, 2.05) is 0 Å². The van der Waals surface area contributed by atoms with E-state index in [0.717, 1.165) is 5.56 Å². The number of pyridine rings is 1. The fourth-order valence-electron chi connectivity index (χ4n) is 2.05. The van der Waals surface area contributed by atoms with Gasteiger partial charge >= 0.3 is 6.18 Å². The van der Waals surface area contributed by atoms with Crippen LogP contribution in [0.5, 0.6) is 0 Å². The van der Waals surface area contributed by atoms with Gasteiger partial charge in [0.2, 0.25) is 0 Å². The minimum atomic E-state index is -4.52. The number of hydrazine groups is 1. The molecular formula is C12H11BrF3N3. The molecule has 0 radical (unpaired) electrons. The summed E-state index contributed by atoms with van der Waals surface area (Å²) in [6.07, 6.45) is -4.52. The van der Waals surface area contributed by atoms with Gasteiger partial charge in [0.1, 0.15) is 5.69 Å². The summed E-state index contributed by atoms with van der Waals surface area (Å²) in [7, 11) is 0. The molecule has 0 saturated heterocycles. The Hall–Kier alpha value is -1.34. The number of benzene rings is 1. The largest absolute Gasteiger partial charge is 0.433 e. The third-order valence-electron chi connectivity index (χ3n) is 2.95. The van der Waals surface area contributed by atoms with E-state index in [0.29, 0.717) is 9.86 Å². The molecule has 3 N–H and O–H groups in total. The maximum atomic E-state index is 13.0. The van der Waals surface area contributed by atoms with Crippen LogP contribution in [0.3, 0.4) is 0 Å². The molecule has 19 heavy (non-hydrogen) atoms. The van der Waals surface area contributed by atoms with Gasteiger partial charge in [-0.2, -0.15) is 13.2 Å². The second-order valence-corrected chi connectivity index (χ2v) is 5.04. The van der Waals surface area contributed by atoms with Gasteiger partial charge in [-0.25, -0.2) is 4.98 Å². The predicted molar refractivity (Wildman–Crippen MR) is 71.7 cm³/mol. The topological polar surface area (TPSA) is 50.9 Å². The van der Waals surface area contributed by atoms with Gasteiger partial charge in [0.15, 0.2) is 0 Å². The zero-order valence-electron chi connectivity index (χ0n) is 10.2. The smallest absolute Gasteiger partial charge is 0.323 e. The first-order valence-electron chi connectivity index (χ1n) is 5.40. The zero-order valence-corrected chi connectivity index (χ0v) is 11.8. The van der Waals surface area contributed by atoms with Crippen molar-refractivity contribution in [2.24, 2.45) is 5.84 Å². The molecule has 1 heterocycles. The summed E-state index contributed by atoms with van der Waals surface area (Å²) in [6.45, 7) is 3.15. The van der Waals surface area contributed by atoms with Gasteiger partial charge in [-0.1, -0.05) is 6.07 Å². The fourth-order valence-corrected chi connectivity index (χ4v) is 2.47. The molecule has 2 aromatic rings. The van der Waals surface area contributed by atoms with Crippen molar-refractivity contribution in [3.8, 4) is 0 Å². The Bertz CT molecular complexity index is 653. The van der Waals surface area contributed by atoms with Crippen molar-refractivity contribution >= 4 is 32.5 Å². The van der Waals surface area contributed by atoms with Crippen LogP contribution in [0.1, 0.15) is 16.8 Å². The number of hydrogen-bond acceptors (Lipinski definition) is 3. The van der Waals surface area contributed by atoms with Crippen molar-refractivity contribution in [2.75, 3.05) is 5.43 Å². The average Bonchev–Trinajstić information content (AvgIpc) is 2.32. The van der Waals surface area contributed by atoms with E-state index in [2.05, 4.69) is 26.3 Å². The van der Waals surface area contributed by atoms with Crippen molar-refractivity contribution in [1.82, 2.24) is 4.98 Å². The minimum Gasteiger partial charge on any atom is -0.323 e. The highest BCUT2D eigenvalue weighted by molar-refractivity contribution is 9.10. The molecule has 0 unspecified atom stereocenters. The maximum absolute atomic E-state index is 13.0. The zero-order chi connectivity index (χ0) is 14.4. The van der Waals surface area contributed by atoms with Crippen LogP contribution in [-0.4, -0.2) is 4.98 Å². The molecule has 102 valence electrons. The molecule has 0 saturated carbocycles. The van der Waals surface area contributed by atoms with Gasteiger partial charge in [-0.15, -0.1) is 0 Å². The Morgan fingerprint density at radius 1 is 1.26 bits per heavy atom. The van der Waals surface area contributed by atoms with Crippen LogP contribution in [0.4, 0.5) is 18.9 Å². The Balaban J connectivity index is 2.99. The average molecular weight is 334 g/mol. The molecule has 1 aromatic heterocycles. The van der Waals surface area contributed by atoms with E-state index in [-0.39, 0.29) is 16.8 Å². The number of halogens is 4. The number of anilines is 1. The lowest BCUT2D eigenvalue weighted by atomic mass is 10.0. The summed E-state index contributed by atoms with van der Waals surface area (Å²) in [5.41, 5.74) is 2.71. The van der Waals surface area contributed by atoms with E-state index in [9.17, 15) is 13.2 Å². The second-order valence-electron chi connectivity index (χ2n) is 4.19. The molecule has 1 aromatic carbocycles. The number of nitrogens with zero attached hydrogens (tertiary/aromatic N) is 1. The van der Waals surface area contributed by atoms with E-state index < -0.39 is 11.9 Å². The van der Waals surface area contributed by atoms with Gasteiger partial charge in [0.05, 0.1) is 11.2 Å². The third-order valence-corrected chi connectivity index (χ3v) is 3.59. The summed E-state index contributed by atoms with van der Waals surface area (Å²) in [4.78, 5) is 3.75. The molecule has 0 fully saturated rings. The lowest BCUT2D eigenvalue weighted by Gasteiger charge is -2.17. The van der Waals surface area contributed by atoms with Crippen molar-refractivity contribution in [3.63, 3.8) is 0 Å². The molecule has 0 atom stereocenters. The van der Waals surface area contributed by atoms with Gasteiger partial charge in [0, 0.05) is 15.4 Å². The first-order chi connectivity index (χ1) is 8.77. The number of aryl methyl sites for hydroxylation is 1. The first-order valence-corrected chi connectivity index (χ1v) is 6.20. The van der Waals surface area contributed by atoms with Gasteiger partial charge in [-0.05, 0) is 41.4 Å². The Morgan fingerprint density at radius 3 is 2.42 bits per heavy atom. The number of nitrogens with one attached hydrogen (secondary N) is 1. The van der Waals surface area contributed by atoms with E-state index in [1.165, 1.54) is 6.92 Å². The van der Waals surface area contributed by atoms with Crippen LogP contribution in [0.25, 0.3) is 10.9 Å². The molecule has 0 bridgehead atoms. The molecule has 0 aliphatic rings. The molecule has 0 aliphatic heterocycles. The summed E-state index contributed by atoms with van der Waals surface area (Å²) >= 11 is 3.22. The normalized spacial score (nSPS) is 11.9. The van der Waals surface area contributed by atoms with Crippen LogP contribution >= 0.6 is 15.9 Å². The highest BCUT2D eigenvalue weighted by Crippen LogP contribution is 2.39. The van der Waals surface area contributed by atoms with Crippen molar-refractivity contribution in [2.45, 2.75) is 20.0 Å². The predicted octanol–water partition coefficient (Wildman–Crippen LogP) is 3.92. The first kappa shape index (κ1) is 14.1. The van der Waals surface area contributed by atoms with Gasteiger partial charge in [0.25, 0.3) is 0 Å². The molecule has 7 heteroatoms. The Morgan fingerprint density at radius 2 is 1.89 bits per heavy atom. The highest BCUT2D eigenvalue weighted by atomic mass is 79.9. The number of hydrogen-bond donors (Lipinski definition) is 2. The summed E-state index contributed by atoms with van der Waals surface area (Å²) in [6, 6.07) is 3.46. The quantitative estimate of drug-likeness (QED) is 0.614. The van der Waals surface area contributed by atoms with Gasteiger partial charge in [-0.3, -0.25) is 5.84 Å². The second kappa shape index (κ2) is 4.64. The standard InChI is InChI=1S/C12H11BrF3N3/c1-5-3-4-7(13)10-8(5)9(19-17)6(2)11(18-10)12(14,15)16/h3-4H,17H2,1-2H3,(H,18,19). The van der Waals surface area contributed by atoms with Crippen LogP contribution in [0.2, 0.25) is 0 Å². The Labute approximate surface area is 116 Å². The number of aromatic nitrogens is 1. The maximum Gasteiger partial charge on any atom is 0.433 e. The molecular weight excluding hydrogens is 323 g/mol. The third kappa shape index (κ3) is 2.28.